The molecule has 2 nitrogen and oxygen atoms in total. The molecule has 1 aromatic heterocycles. The van der Waals surface area contributed by atoms with Crippen LogP contribution in [0.3, 0.4) is 0 Å². The molecular formula is C18H18N2. The molecule has 0 atom stereocenters. The molecule has 2 heteroatoms. The lowest BCUT2D eigenvalue weighted by Crippen LogP contribution is -2.22. The average molecular weight is 262 g/mol. The highest BCUT2D eigenvalue weighted by atomic mass is 15.1. The molecule has 20 heavy (non-hydrogen) atoms. The van der Waals surface area contributed by atoms with Crippen LogP contribution in [0.15, 0.2) is 73.2 Å². The van der Waals surface area contributed by atoms with Gasteiger partial charge < -0.3 is 4.90 Å². The normalized spacial score (nSPS) is 14.2. The quantitative estimate of drug-likeness (QED) is 0.838. The SMILES string of the molecule is C1=CC(c2ccccc2)=CN(CCc2ccncc2)C1. The van der Waals surface area contributed by atoms with Gasteiger partial charge in [0.25, 0.3) is 0 Å². The third-order valence-electron chi connectivity index (χ3n) is 3.50. The number of pyridine rings is 1. The second-order valence-electron chi connectivity index (χ2n) is 4.95. The van der Waals surface area contributed by atoms with Crippen molar-refractivity contribution >= 4 is 5.57 Å². The zero-order chi connectivity index (χ0) is 13.6. The van der Waals surface area contributed by atoms with Crippen LogP contribution in [0.4, 0.5) is 0 Å². The van der Waals surface area contributed by atoms with E-state index >= 15 is 0 Å². The van der Waals surface area contributed by atoms with Crippen LogP contribution in [-0.4, -0.2) is 23.0 Å². The lowest BCUT2D eigenvalue weighted by Gasteiger charge is -2.23. The van der Waals surface area contributed by atoms with Gasteiger partial charge in [0.15, 0.2) is 0 Å². The number of nitrogens with zero attached hydrogens (tertiary/aromatic N) is 2. The van der Waals surface area contributed by atoms with E-state index in [0.717, 1.165) is 19.5 Å². The Balaban J connectivity index is 1.67. The van der Waals surface area contributed by atoms with Crippen LogP contribution < -0.4 is 0 Å². The molecule has 0 N–H and O–H groups in total. The van der Waals surface area contributed by atoms with Gasteiger partial charge in [-0.25, -0.2) is 0 Å². The Morgan fingerprint density at radius 2 is 1.80 bits per heavy atom. The van der Waals surface area contributed by atoms with Crippen LogP contribution in [-0.2, 0) is 6.42 Å². The molecule has 0 saturated heterocycles. The number of aromatic nitrogens is 1. The Labute approximate surface area is 120 Å². The summed E-state index contributed by atoms with van der Waals surface area (Å²) in [5, 5.41) is 0. The number of hydrogen-bond donors (Lipinski definition) is 0. The van der Waals surface area contributed by atoms with E-state index in [2.05, 4.69) is 70.7 Å². The van der Waals surface area contributed by atoms with Crippen molar-refractivity contribution in [1.29, 1.82) is 0 Å². The third kappa shape index (κ3) is 3.15. The minimum Gasteiger partial charge on any atom is -0.373 e. The van der Waals surface area contributed by atoms with E-state index in [-0.39, 0.29) is 0 Å². The highest BCUT2D eigenvalue weighted by Crippen LogP contribution is 2.19. The maximum atomic E-state index is 4.06. The first-order valence-corrected chi connectivity index (χ1v) is 6.98. The van der Waals surface area contributed by atoms with Crippen LogP contribution in [0.2, 0.25) is 0 Å². The Hall–Kier alpha value is -2.35. The molecule has 100 valence electrons. The standard InChI is InChI=1S/C18H18N2/c1-2-5-17(6-3-1)18-7-4-13-20(15-18)14-10-16-8-11-19-12-9-16/h1-9,11-12,15H,10,13-14H2. The maximum absolute atomic E-state index is 4.06. The van der Waals surface area contributed by atoms with Crippen molar-refractivity contribution in [2.24, 2.45) is 0 Å². The van der Waals surface area contributed by atoms with E-state index < -0.39 is 0 Å². The molecule has 1 aromatic carbocycles. The van der Waals surface area contributed by atoms with Crippen molar-refractivity contribution in [2.75, 3.05) is 13.1 Å². The second-order valence-corrected chi connectivity index (χ2v) is 4.95. The Morgan fingerprint density at radius 1 is 1.00 bits per heavy atom. The summed E-state index contributed by atoms with van der Waals surface area (Å²) in [4.78, 5) is 6.42. The fourth-order valence-electron chi connectivity index (χ4n) is 2.39. The molecule has 3 rings (SSSR count). The van der Waals surface area contributed by atoms with Crippen LogP contribution in [0.1, 0.15) is 11.1 Å². The molecule has 0 amide bonds. The molecule has 1 aliphatic heterocycles. The van der Waals surface area contributed by atoms with Crippen molar-refractivity contribution in [2.45, 2.75) is 6.42 Å². The first-order chi connectivity index (χ1) is 9.92. The minimum absolute atomic E-state index is 0.988. The van der Waals surface area contributed by atoms with Crippen LogP contribution in [0, 0.1) is 0 Å². The lowest BCUT2D eigenvalue weighted by molar-refractivity contribution is 0.418. The second kappa shape index (κ2) is 6.20. The van der Waals surface area contributed by atoms with Gasteiger partial charge in [-0.1, -0.05) is 42.5 Å². The summed E-state index contributed by atoms with van der Waals surface area (Å²) >= 11 is 0. The fraction of sp³-hybridized carbons (Fsp3) is 0.167. The predicted molar refractivity (Wildman–Crippen MR) is 83.1 cm³/mol. The van der Waals surface area contributed by atoms with Gasteiger partial charge >= 0.3 is 0 Å². The summed E-state index contributed by atoms with van der Waals surface area (Å²) in [7, 11) is 0. The first-order valence-electron chi connectivity index (χ1n) is 6.98. The molecule has 2 heterocycles. The summed E-state index contributed by atoms with van der Waals surface area (Å²) < 4.78 is 0. The van der Waals surface area contributed by atoms with Crippen molar-refractivity contribution < 1.29 is 0 Å². The van der Waals surface area contributed by atoms with Gasteiger partial charge in [-0.3, -0.25) is 4.98 Å². The van der Waals surface area contributed by atoms with Gasteiger partial charge in [0, 0.05) is 31.7 Å². The molecule has 0 saturated carbocycles. The maximum Gasteiger partial charge on any atom is 0.0357 e. The molecule has 0 fully saturated rings. The lowest BCUT2D eigenvalue weighted by atomic mass is 10.0. The summed E-state index contributed by atoms with van der Waals surface area (Å²) in [6, 6.07) is 14.7. The molecule has 0 bridgehead atoms. The number of allylic oxidation sites excluding steroid dienone is 2. The van der Waals surface area contributed by atoms with E-state index in [4.69, 9.17) is 0 Å². The predicted octanol–water partition coefficient (Wildman–Crippen LogP) is 3.54. The summed E-state index contributed by atoms with van der Waals surface area (Å²) in [6.45, 7) is 2.02. The molecule has 0 unspecified atom stereocenters. The van der Waals surface area contributed by atoms with Gasteiger partial charge in [0.1, 0.15) is 0 Å². The number of benzene rings is 1. The fourth-order valence-corrected chi connectivity index (χ4v) is 2.39. The molecule has 0 radical (unpaired) electrons. The zero-order valence-electron chi connectivity index (χ0n) is 11.4. The van der Waals surface area contributed by atoms with E-state index in [1.54, 1.807) is 0 Å². The van der Waals surface area contributed by atoms with Gasteiger partial charge in [0.2, 0.25) is 0 Å². The summed E-state index contributed by atoms with van der Waals surface area (Å²) in [6.07, 6.45) is 11.5. The van der Waals surface area contributed by atoms with E-state index in [9.17, 15) is 0 Å². The monoisotopic (exact) mass is 262 g/mol. The molecule has 0 aliphatic carbocycles. The summed E-state index contributed by atoms with van der Waals surface area (Å²) in [5.74, 6) is 0. The minimum atomic E-state index is 0.988. The Bertz CT molecular complexity index is 600. The van der Waals surface area contributed by atoms with Gasteiger partial charge in [-0.05, 0) is 35.3 Å². The molecule has 2 aromatic rings. The zero-order valence-corrected chi connectivity index (χ0v) is 11.4. The molecule has 1 aliphatic rings. The third-order valence-corrected chi connectivity index (χ3v) is 3.50. The van der Waals surface area contributed by atoms with Crippen molar-refractivity contribution in [1.82, 2.24) is 9.88 Å². The Kier molecular flexibility index (Phi) is 3.93. The van der Waals surface area contributed by atoms with Gasteiger partial charge in [0.05, 0.1) is 0 Å². The summed E-state index contributed by atoms with van der Waals surface area (Å²) in [5.41, 5.74) is 3.90. The number of rotatable bonds is 4. The van der Waals surface area contributed by atoms with Crippen LogP contribution in [0.5, 0.6) is 0 Å². The van der Waals surface area contributed by atoms with Crippen molar-refractivity contribution in [3.05, 3.63) is 84.3 Å². The van der Waals surface area contributed by atoms with Crippen molar-refractivity contribution in [3.63, 3.8) is 0 Å². The highest BCUT2D eigenvalue weighted by molar-refractivity contribution is 5.74. The van der Waals surface area contributed by atoms with Crippen LogP contribution in [0.25, 0.3) is 5.57 Å². The Morgan fingerprint density at radius 3 is 2.60 bits per heavy atom. The van der Waals surface area contributed by atoms with Crippen molar-refractivity contribution in [3.8, 4) is 0 Å². The largest absolute Gasteiger partial charge is 0.373 e. The number of hydrogen-bond acceptors (Lipinski definition) is 2. The first kappa shape index (κ1) is 12.7. The van der Waals surface area contributed by atoms with E-state index in [1.807, 2.05) is 12.4 Å². The van der Waals surface area contributed by atoms with E-state index in [0.29, 0.717) is 0 Å². The van der Waals surface area contributed by atoms with E-state index in [1.165, 1.54) is 16.7 Å². The molecular weight excluding hydrogens is 244 g/mol. The van der Waals surface area contributed by atoms with Gasteiger partial charge in [-0.15, -0.1) is 0 Å². The van der Waals surface area contributed by atoms with Gasteiger partial charge in [-0.2, -0.15) is 0 Å². The topological polar surface area (TPSA) is 16.1 Å². The molecule has 0 spiro atoms. The average Bonchev–Trinajstić information content (AvgIpc) is 2.55. The highest BCUT2D eigenvalue weighted by Gasteiger charge is 2.06. The smallest absolute Gasteiger partial charge is 0.0357 e. The van der Waals surface area contributed by atoms with Crippen LogP contribution >= 0.6 is 0 Å².